The zero-order chi connectivity index (χ0) is 13.9. The van der Waals surface area contributed by atoms with Gasteiger partial charge in [-0.2, -0.15) is 0 Å². The van der Waals surface area contributed by atoms with Crippen molar-refractivity contribution in [3.8, 4) is 0 Å². The van der Waals surface area contributed by atoms with Crippen LogP contribution >= 0.6 is 15.9 Å². The molecule has 0 aliphatic heterocycles. The molecule has 2 rings (SSSR count). The van der Waals surface area contributed by atoms with E-state index in [2.05, 4.69) is 45.1 Å². The van der Waals surface area contributed by atoms with Crippen LogP contribution in [0.3, 0.4) is 0 Å². The Labute approximate surface area is 121 Å². The van der Waals surface area contributed by atoms with Crippen molar-refractivity contribution in [1.82, 2.24) is 9.97 Å². The van der Waals surface area contributed by atoms with Crippen molar-refractivity contribution in [2.45, 2.75) is 26.4 Å². The fraction of sp³-hybridized carbons (Fsp3) is 0.429. The summed E-state index contributed by atoms with van der Waals surface area (Å²) >= 11 is 3.41. The summed E-state index contributed by atoms with van der Waals surface area (Å²) in [6.07, 6.45) is 3.56. The summed E-state index contributed by atoms with van der Waals surface area (Å²) in [6, 6.07) is 3.90. The minimum atomic E-state index is -0.209. The molecule has 1 N–H and O–H groups in total. The van der Waals surface area contributed by atoms with Crippen LogP contribution < -0.4 is 5.32 Å². The number of rotatable bonds is 5. The van der Waals surface area contributed by atoms with Gasteiger partial charge in [0.2, 0.25) is 0 Å². The summed E-state index contributed by atoms with van der Waals surface area (Å²) in [4.78, 5) is 8.73. The Morgan fingerprint density at radius 2 is 2.16 bits per heavy atom. The standard InChI is InChI=1S/C14H18BrN3O/c1-4-19-14(2,3)9-18-11-5-6-16-12-7-10(15)8-17-13(11)12/h5-8H,4,9H2,1-3H3,(H,16,18). The highest BCUT2D eigenvalue weighted by Gasteiger charge is 2.17. The molecule has 2 aromatic rings. The molecule has 0 aromatic carbocycles. The van der Waals surface area contributed by atoms with Crippen molar-refractivity contribution in [1.29, 1.82) is 0 Å². The maximum Gasteiger partial charge on any atom is 0.112 e. The van der Waals surface area contributed by atoms with E-state index >= 15 is 0 Å². The van der Waals surface area contributed by atoms with Gasteiger partial charge in [0.25, 0.3) is 0 Å². The lowest BCUT2D eigenvalue weighted by atomic mass is 10.1. The quantitative estimate of drug-likeness (QED) is 0.912. The van der Waals surface area contributed by atoms with Crippen molar-refractivity contribution in [3.63, 3.8) is 0 Å². The van der Waals surface area contributed by atoms with Gasteiger partial charge in [-0.1, -0.05) is 0 Å². The maximum atomic E-state index is 5.68. The molecule has 0 radical (unpaired) electrons. The number of hydrogen-bond acceptors (Lipinski definition) is 4. The van der Waals surface area contributed by atoms with Crippen LogP contribution in [0.1, 0.15) is 20.8 Å². The van der Waals surface area contributed by atoms with Crippen molar-refractivity contribution in [3.05, 3.63) is 29.0 Å². The molecule has 0 saturated carbocycles. The zero-order valence-electron chi connectivity index (χ0n) is 11.4. The highest BCUT2D eigenvalue weighted by molar-refractivity contribution is 9.10. The van der Waals surface area contributed by atoms with E-state index in [9.17, 15) is 0 Å². The summed E-state index contributed by atoms with van der Waals surface area (Å²) in [7, 11) is 0. The average Bonchev–Trinajstić information content (AvgIpc) is 2.36. The van der Waals surface area contributed by atoms with Crippen molar-refractivity contribution in [2.75, 3.05) is 18.5 Å². The van der Waals surface area contributed by atoms with E-state index in [4.69, 9.17) is 4.74 Å². The second-order valence-electron chi connectivity index (χ2n) is 4.93. The average molecular weight is 324 g/mol. The van der Waals surface area contributed by atoms with Gasteiger partial charge < -0.3 is 10.1 Å². The first-order valence-electron chi connectivity index (χ1n) is 6.30. The van der Waals surface area contributed by atoms with Crippen molar-refractivity contribution >= 4 is 32.7 Å². The summed E-state index contributed by atoms with van der Waals surface area (Å²) in [5.41, 5.74) is 2.51. The SMILES string of the molecule is CCOC(C)(C)CNc1ccnc2cc(Br)cnc12. The second kappa shape index (κ2) is 5.84. The van der Waals surface area contributed by atoms with Crippen LogP contribution in [-0.4, -0.2) is 28.7 Å². The summed E-state index contributed by atoms with van der Waals surface area (Å²) in [5, 5.41) is 3.39. The van der Waals surface area contributed by atoms with Crippen molar-refractivity contribution < 1.29 is 4.74 Å². The van der Waals surface area contributed by atoms with Gasteiger partial charge in [-0.05, 0) is 48.8 Å². The molecule has 102 valence electrons. The molecule has 0 saturated heterocycles. The molecule has 2 aromatic heterocycles. The van der Waals surface area contributed by atoms with Crippen LogP contribution in [0, 0.1) is 0 Å². The van der Waals surface area contributed by atoms with E-state index in [1.54, 1.807) is 12.4 Å². The number of nitrogens with one attached hydrogen (secondary N) is 1. The monoisotopic (exact) mass is 323 g/mol. The molecule has 0 aliphatic carbocycles. The van der Waals surface area contributed by atoms with Gasteiger partial charge in [0.15, 0.2) is 0 Å². The van der Waals surface area contributed by atoms with Gasteiger partial charge in [-0.25, -0.2) is 0 Å². The normalized spacial score (nSPS) is 11.8. The predicted molar refractivity (Wildman–Crippen MR) is 81.4 cm³/mol. The number of hydrogen-bond donors (Lipinski definition) is 1. The minimum Gasteiger partial charge on any atom is -0.380 e. The van der Waals surface area contributed by atoms with E-state index in [1.807, 2.05) is 19.1 Å². The topological polar surface area (TPSA) is 47.0 Å². The second-order valence-corrected chi connectivity index (χ2v) is 5.84. The molecule has 5 heteroatoms. The first kappa shape index (κ1) is 14.2. The molecule has 19 heavy (non-hydrogen) atoms. The zero-order valence-corrected chi connectivity index (χ0v) is 13.0. The van der Waals surface area contributed by atoms with Crippen LogP contribution in [0.2, 0.25) is 0 Å². The molecule has 2 heterocycles. The number of aromatic nitrogens is 2. The molecule has 4 nitrogen and oxygen atoms in total. The fourth-order valence-electron chi connectivity index (χ4n) is 1.90. The molecule has 0 fully saturated rings. The first-order chi connectivity index (χ1) is 9.02. The highest BCUT2D eigenvalue weighted by atomic mass is 79.9. The molecule has 0 unspecified atom stereocenters. The summed E-state index contributed by atoms with van der Waals surface area (Å²) in [5.74, 6) is 0. The third-order valence-electron chi connectivity index (χ3n) is 2.78. The summed E-state index contributed by atoms with van der Waals surface area (Å²) in [6.45, 7) is 7.56. The Morgan fingerprint density at radius 3 is 2.89 bits per heavy atom. The lowest BCUT2D eigenvalue weighted by Crippen LogP contribution is -2.33. The van der Waals surface area contributed by atoms with Gasteiger partial charge in [-0.15, -0.1) is 0 Å². The highest BCUT2D eigenvalue weighted by Crippen LogP contribution is 2.22. The van der Waals surface area contributed by atoms with Crippen LogP contribution in [-0.2, 0) is 4.74 Å². The molecule has 0 amide bonds. The van der Waals surface area contributed by atoms with Gasteiger partial charge in [0, 0.05) is 30.0 Å². The Kier molecular flexibility index (Phi) is 4.37. The van der Waals surface area contributed by atoms with Crippen LogP contribution in [0.15, 0.2) is 29.0 Å². The Morgan fingerprint density at radius 1 is 1.37 bits per heavy atom. The number of pyridine rings is 2. The number of halogens is 1. The lowest BCUT2D eigenvalue weighted by molar-refractivity contribution is 0.000716. The van der Waals surface area contributed by atoms with Gasteiger partial charge in [0.1, 0.15) is 5.52 Å². The van der Waals surface area contributed by atoms with Crippen LogP contribution in [0.4, 0.5) is 5.69 Å². The lowest BCUT2D eigenvalue weighted by Gasteiger charge is -2.25. The third-order valence-corrected chi connectivity index (χ3v) is 3.22. The van der Waals surface area contributed by atoms with Crippen LogP contribution in [0.25, 0.3) is 11.0 Å². The predicted octanol–water partition coefficient (Wildman–Crippen LogP) is 3.62. The Hall–Kier alpha value is -1.20. The number of anilines is 1. The van der Waals surface area contributed by atoms with Gasteiger partial charge >= 0.3 is 0 Å². The maximum absolute atomic E-state index is 5.68. The fourth-order valence-corrected chi connectivity index (χ4v) is 2.22. The molecule has 0 atom stereocenters. The molecular formula is C14H18BrN3O. The number of fused-ring (bicyclic) bond motifs is 1. The summed E-state index contributed by atoms with van der Waals surface area (Å²) < 4.78 is 6.61. The minimum absolute atomic E-state index is 0.209. The molecular weight excluding hydrogens is 306 g/mol. The first-order valence-corrected chi connectivity index (χ1v) is 7.09. The van der Waals surface area contributed by atoms with E-state index in [-0.39, 0.29) is 5.60 Å². The van der Waals surface area contributed by atoms with Crippen LogP contribution in [0.5, 0.6) is 0 Å². The van der Waals surface area contributed by atoms with Gasteiger partial charge in [0.05, 0.1) is 16.8 Å². The molecule has 0 aliphatic rings. The Bertz CT molecular complexity index is 572. The van der Waals surface area contributed by atoms with Gasteiger partial charge in [-0.3, -0.25) is 9.97 Å². The largest absolute Gasteiger partial charge is 0.380 e. The molecule has 0 bridgehead atoms. The van der Waals surface area contributed by atoms with E-state index < -0.39 is 0 Å². The van der Waals surface area contributed by atoms with Crippen molar-refractivity contribution in [2.24, 2.45) is 0 Å². The smallest absolute Gasteiger partial charge is 0.112 e. The van der Waals surface area contributed by atoms with E-state index in [0.717, 1.165) is 27.7 Å². The Balaban J connectivity index is 2.21. The third kappa shape index (κ3) is 3.64. The van der Waals surface area contributed by atoms with E-state index in [1.165, 1.54) is 0 Å². The molecule has 0 spiro atoms. The number of ether oxygens (including phenoxy) is 1. The van der Waals surface area contributed by atoms with E-state index in [0.29, 0.717) is 6.61 Å². The number of nitrogens with zero attached hydrogens (tertiary/aromatic N) is 2.